The van der Waals surface area contributed by atoms with E-state index in [-0.39, 0.29) is 11.2 Å². The minimum Gasteiger partial charge on any atom is -0.485 e. The molecule has 0 spiro atoms. The van der Waals surface area contributed by atoms with E-state index in [1.165, 1.54) is 28.7 Å². The first-order valence-corrected chi connectivity index (χ1v) is 11.1. The summed E-state index contributed by atoms with van der Waals surface area (Å²) in [6.07, 6.45) is 0. The standard InChI is InChI=1S/C20H25N5O2S2/c1-6-25-17(10-27-16-8-7-12(2)9-13(16)3)23-24-20(25)29-15(5)18(26)22-19-21-14(4)11-28-19/h7-9,11,15H,6,10H2,1-5H3,(H,21,22,26)/t15-/m0/s1. The molecule has 1 aromatic carbocycles. The van der Waals surface area contributed by atoms with E-state index in [1.807, 2.05) is 49.8 Å². The summed E-state index contributed by atoms with van der Waals surface area (Å²) in [7, 11) is 0. The fourth-order valence-corrected chi connectivity index (χ4v) is 4.39. The van der Waals surface area contributed by atoms with Crippen molar-refractivity contribution in [2.45, 2.75) is 58.2 Å². The first-order chi connectivity index (χ1) is 13.9. The molecule has 154 valence electrons. The van der Waals surface area contributed by atoms with Crippen molar-refractivity contribution in [3.8, 4) is 5.75 Å². The molecule has 0 unspecified atom stereocenters. The minimum atomic E-state index is -0.332. The number of amides is 1. The molecule has 1 atom stereocenters. The Balaban J connectivity index is 1.64. The fourth-order valence-electron chi connectivity index (χ4n) is 2.76. The number of hydrogen-bond acceptors (Lipinski definition) is 7. The predicted octanol–water partition coefficient (Wildman–Crippen LogP) is 4.38. The van der Waals surface area contributed by atoms with Gasteiger partial charge in [0.2, 0.25) is 5.91 Å². The Labute approximate surface area is 178 Å². The summed E-state index contributed by atoms with van der Waals surface area (Å²) in [6, 6.07) is 6.09. The molecule has 29 heavy (non-hydrogen) atoms. The molecule has 1 amide bonds. The molecule has 9 heteroatoms. The highest BCUT2D eigenvalue weighted by atomic mass is 32.2. The maximum absolute atomic E-state index is 12.5. The maximum Gasteiger partial charge on any atom is 0.239 e. The van der Waals surface area contributed by atoms with Crippen molar-refractivity contribution < 1.29 is 9.53 Å². The highest BCUT2D eigenvalue weighted by molar-refractivity contribution is 8.00. The van der Waals surface area contributed by atoms with Crippen LogP contribution in [-0.4, -0.2) is 30.9 Å². The van der Waals surface area contributed by atoms with Gasteiger partial charge in [-0.3, -0.25) is 4.79 Å². The zero-order valence-corrected chi connectivity index (χ0v) is 18.9. The summed E-state index contributed by atoms with van der Waals surface area (Å²) >= 11 is 2.79. The van der Waals surface area contributed by atoms with Crippen molar-refractivity contribution in [3.05, 3.63) is 46.2 Å². The number of aromatic nitrogens is 4. The summed E-state index contributed by atoms with van der Waals surface area (Å²) in [5, 5.41) is 14.3. The van der Waals surface area contributed by atoms with Gasteiger partial charge in [0, 0.05) is 11.9 Å². The average molecular weight is 432 g/mol. The van der Waals surface area contributed by atoms with Gasteiger partial charge in [-0.1, -0.05) is 29.5 Å². The van der Waals surface area contributed by atoms with E-state index < -0.39 is 0 Å². The van der Waals surface area contributed by atoms with Crippen LogP contribution in [0.25, 0.3) is 0 Å². The van der Waals surface area contributed by atoms with E-state index in [4.69, 9.17) is 4.74 Å². The van der Waals surface area contributed by atoms with Gasteiger partial charge in [0.25, 0.3) is 0 Å². The molecule has 0 aliphatic heterocycles. The zero-order chi connectivity index (χ0) is 21.0. The third kappa shape index (κ3) is 5.36. The lowest BCUT2D eigenvalue weighted by Gasteiger charge is -2.13. The number of carbonyl (C=O) groups excluding carboxylic acids is 1. The summed E-state index contributed by atoms with van der Waals surface area (Å²) < 4.78 is 7.93. The van der Waals surface area contributed by atoms with Crippen LogP contribution in [0.2, 0.25) is 0 Å². The highest BCUT2D eigenvalue weighted by Gasteiger charge is 2.21. The van der Waals surface area contributed by atoms with Gasteiger partial charge in [-0.05, 0) is 46.2 Å². The van der Waals surface area contributed by atoms with Crippen LogP contribution < -0.4 is 10.1 Å². The highest BCUT2D eigenvalue weighted by Crippen LogP contribution is 2.25. The van der Waals surface area contributed by atoms with Crippen LogP contribution in [0.15, 0.2) is 28.7 Å². The minimum absolute atomic E-state index is 0.108. The van der Waals surface area contributed by atoms with E-state index in [9.17, 15) is 4.79 Å². The summed E-state index contributed by atoms with van der Waals surface area (Å²) in [5.74, 6) is 1.46. The Morgan fingerprint density at radius 3 is 2.76 bits per heavy atom. The number of thioether (sulfide) groups is 1. The third-order valence-corrected chi connectivity index (χ3v) is 6.25. The van der Waals surface area contributed by atoms with Crippen LogP contribution in [0.4, 0.5) is 5.13 Å². The van der Waals surface area contributed by atoms with Crippen LogP contribution >= 0.6 is 23.1 Å². The van der Waals surface area contributed by atoms with E-state index in [1.54, 1.807) is 0 Å². The van der Waals surface area contributed by atoms with Crippen LogP contribution in [0.5, 0.6) is 5.75 Å². The topological polar surface area (TPSA) is 81.9 Å². The van der Waals surface area contributed by atoms with Crippen molar-refractivity contribution >= 4 is 34.1 Å². The predicted molar refractivity (Wildman–Crippen MR) is 117 cm³/mol. The molecule has 0 aliphatic carbocycles. The quantitative estimate of drug-likeness (QED) is 0.533. The van der Waals surface area contributed by atoms with E-state index >= 15 is 0 Å². The lowest BCUT2D eigenvalue weighted by molar-refractivity contribution is -0.115. The number of rotatable bonds is 8. The second-order valence-corrected chi connectivity index (χ2v) is 8.91. The van der Waals surface area contributed by atoms with Crippen molar-refractivity contribution in [3.63, 3.8) is 0 Å². The van der Waals surface area contributed by atoms with Crippen LogP contribution in [0.1, 0.15) is 36.5 Å². The molecule has 0 fully saturated rings. The first-order valence-electron chi connectivity index (χ1n) is 9.39. The van der Waals surface area contributed by atoms with Gasteiger partial charge in [0.05, 0.1) is 10.9 Å². The van der Waals surface area contributed by atoms with Gasteiger partial charge in [-0.2, -0.15) is 0 Å². The number of nitrogens with zero attached hydrogens (tertiary/aromatic N) is 4. The van der Waals surface area contributed by atoms with Gasteiger partial charge in [0.15, 0.2) is 16.1 Å². The largest absolute Gasteiger partial charge is 0.485 e. The van der Waals surface area contributed by atoms with Gasteiger partial charge in [0.1, 0.15) is 12.4 Å². The number of hydrogen-bond donors (Lipinski definition) is 1. The Morgan fingerprint density at radius 1 is 1.31 bits per heavy atom. The normalized spacial score (nSPS) is 12.0. The van der Waals surface area contributed by atoms with Crippen molar-refractivity contribution in [2.75, 3.05) is 5.32 Å². The molecule has 2 heterocycles. The van der Waals surface area contributed by atoms with E-state index in [0.717, 1.165) is 22.8 Å². The smallest absolute Gasteiger partial charge is 0.239 e. The first kappa shape index (κ1) is 21.3. The number of anilines is 1. The van der Waals surface area contributed by atoms with Crippen LogP contribution in [0.3, 0.4) is 0 Å². The molecule has 3 aromatic rings. The van der Waals surface area contributed by atoms with Crippen LogP contribution in [-0.2, 0) is 17.9 Å². The van der Waals surface area contributed by atoms with Gasteiger partial charge < -0.3 is 14.6 Å². The van der Waals surface area contributed by atoms with Gasteiger partial charge in [-0.15, -0.1) is 21.5 Å². The molecule has 3 rings (SSSR count). The Morgan fingerprint density at radius 2 is 2.10 bits per heavy atom. The number of thiazole rings is 1. The monoisotopic (exact) mass is 431 g/mol. The number of ether oxygens (including phenoxy) is 1. The Kier molecular flexibility index (Phi) is 6.92. The second-order valence-electron chi connectivity index (χ2n) is 6.74. The average Bonchev–Trinajstić information content (AvgIpc) is 3.26. The molecule has 0 saturated carbocycles. The SMILES string of the molecule is CCn1c(COc2ccc(C)cc2C)nnc1S[C@@H](C)C(=O)Nc1nc(C)cs1. The number of carbonyl (C=O) groups is 1. The molecular weight excluding hydrogens is 406 g/mol. The van der Waals surface area contributed by atoms with Gasteiger partial charge in [-0.25, -0.2) is 4.98 Å². The van der Waals surface area contributed by atoms with Crippen molar-refractivity contribution in [1.82, 2.24) is 19.7 Å². The molecule has 7 nitrogen and oxygen atoms in total. The summed E-state index contributed by atoms with van der Waals surface area (Å²) in [5.41, 5.74) is 3.18. The molecule has 0 bridgehead atoms. The number of nitrogens with one attached hydrogen (secondary N) is 1. The molecule has 0 saturated heterocycles. The van der Waals surface area contributed by atoms with Crippen molar-refractivity contribution in [2.24, 2.45) is 0 Å². The fraction of sp³-hybridized carbons (Fsp3) is 0.400. The molecular formula is C20H25N5O2S2. The van der Waals surface area contributed by atoms with E-state index in [2.05, 4.69) is 33.5 Å². The molecule has 2 aromatic heterocycles. The number of benzene rings is 1. The lowest BCUT2D eigenvalue weighted by Crippen LogP contribution is -2.23. The molecule has 0 aliphatic rings. The van der Waals surface area contributed by atoms with E-state index in [0.29, 0.717) is 23.4 Å². The van der Waals surface area contributed by atoms with Crippen molar-refractivity contribution in [1.29, 1.82) is 0 Å². The van der Waals surface area contributed by atoms with Crippen LogP contribution in [0, 0.1) is 20.8 Å². The molecule has 1 N–H and O–H groups in total. The lowest BCUT2D eigenvalue weighted by atomic mass is 10.1. The Bertz CT molecular complexity index is 999. The summed E-state index contributed by atoms with van der Waals surface area (Å²) in [6.45, 7) is 10.9. The van der Waals surface area contributed by atoms with Gasteiger partial charge >= 0.3 is 0 Å². The number of aryl methyl sites for hydroxylation is 3. The second kappa shape index (κ2) is 9.41. The third-order valence-electron chi connectivity index (χ3n) is 4.30. The Hall–Kier alpha value is -2.39. The zero-order valence-electron chi connectivity index (χ0n) is 17.2. The molecule has 0 radical (unpaired) electrons. The summed E-state index contributed by atoms with van der Waals surface area (Å²) in [4.78, 5) is 16.7. The maximum atomic E-state index is 12.5.